The van der Waals surface area contributed by atoms with Gasteiger partial charge in [-0.25, -0.2) is 18.5 Å². The largest absolute Gasteiger partial charge is 0.457 e. The maximum Gasteiger partial charge on any atom is 0.339 e. The van der Waals surface area contributed by atoms with Crippen LogP contribution < -0.4 is 0 Å². The maximum atomic E-state index is 14.4. The highest BCUT2D eigenvalue weighted by molar-refractivity contribution is 7.94. The molecule has 7 heteroatoms. The fourth-order valence-electron chi connectivity index (χ4n) is 2.42. The van der Waals surface area contributed by atoms with Crippen LogP contribution in [0.3, 0.4) is 0 Å². The van der Waals surface area contributed by atoms with Crippen molar-refractivity contribution in [2.75, 3.05) is 13.7 Å². The van der Waals surface area contributed by atoms with E-state index in [0.717, 1.165) is 12.0 Å². The third-order valence-electron chi connectivity index (χ3n) is 3.43. The van der Waals surface area contributed by atoms with E-state index in [1.807, 2.05) is 0 Å². The molecule has 0 aliphatic carbocycles. The Balaban J connectivity index is 2.04. The van der Waals surface area contributed by atoms with E-state index in [9.17, 15) is 13.6 Å². The minimum atomic E-state index is -0.601. The molecule has 0 saturated carbocycles. The van der Waals surface area contributed by atoms with Crippen LogP contribution in [0.5, 0.6) is 0 Å². The standard InChI is InChI=1S/C17H12F2O4S/c1-21-23-24-12-5-6-13(15(19)8-12)14-9-22-17(20)16(14)10-3-2-4-11(18)7-10/h2-8H,9H2,1H3. The Labute approximate surface area is 141 Å². The normalized spacial score (nSPS) is 14.2. The van der Waals surface area contributed by atoms with Crippen LogP contribution in [0.1, 0.15) is 11.1 Å². The van der Waals surface area contributed by atoms with Gasteiger partial charge in [-0.2, -0.15) is 4.33 Å². The number of rotatable bonds is 5. The molecule has 1 aliphatic rings. The predicted octanol–water partition coefficient (Wildman–Crippen LogP) is 4.02. The van der Waals surface area contributed by atoms with Crippen molar-refractivity contribution in [3.63, 3.8) is 0 Å². The van der Waals surface area contributed by atoms with E-state index < -0.39 is 17.6 Å². The van der Waals surface area contributed by atoms with Gasteiger partial charge in [0.05, 0.1) is 24.7 Å². The van der Waals surface area contributed by atoms with Crippen LogP contribution in [0.4, 0.5) is 8.78 Å². The average Bonchev–Trinajstić information content (AvgIpc) is 2.94. The molecule has 0 aromatic heterocycles. The molecule has 0 amide bonds. The molecule has 0 spiro atoms. The van der Waals surface area contributed by atoms with Crippen molar-refractivity contribution in [2.24, 2.45) is 0 Å². The topological polar surface area (TPSA) is 44.8 Å². The predicted molar refractivity (Wildman–Crippen MR) is 84.5 cm³/mol. The van der Waals surface area contributed by atoms with Crippen molar-refractivity contribution in [3.8, 4) is 0 Å². The summed E-state index contributed by atoms with van der Waals surface area (Å²) in [4.78, 5) is 17.0. The highest BCUT2D eigenvalue weighted by Crippen LogP contribution is 2.35. The fourth-order valence-corrected chi connectivity index (χ4v) is 2.84. The van der Waals surface area contributed by atoms with Crippen LogP contribution in [0.2, 0.25) is 0 Å². The van der Waals surface area contributed by atoms with E-state index >= 15 is 0 Å². The molecule has 0 saturated heterocycles. The van der Waals surface area contributed by atoms with Crippen molar-refractivity contribution >= 4 is 29.2 Å². The average molecular weight is 350 g/mol. The molecule has 0 unspecified atom stereocenters. The third-order valence-corrected chi connectivity index (χ3v) is 4.08. The van der Waals surface area contributed by atoms with Crippen molar-refractivity contribution in [1.82, 2.24) is 0 Å². The SMILES string of the molecule is COOSc1ccc(C2=C(c3cccc(F)c3)C(=O)OC2)c(F)c1. The summed E-state index contributed by atoms with van der Waals surface area (Å²) in [6.07, 6.45) is 0. The number of carbonyl (C=O) groups excluding carboxylic acids is 1. The first-order valence-electron chi connectivity index (χ1n) is 6.93. The summed E-state index contributed by atoms with van der Waals surface area (Å²) in [5.74, 6) is -1.62. The lowest BCUT2D eigenvalue weighted by molar-refractivity contribution is -0.160. The lowest BCUT2D eigenvalue weighted by Gasteiger charge is -2.07. The Morgan fingerprint density at radius 2 is 2.00 bits per heavy atom. The molecule has 3 rings (SSSR count). The van der Waals surface area contributed by atoms with E-state index in [1.165, 1.54) is 37.4 Å². The van der Waals surface area contributed by atoms with E-state index in [0.29, 0.717) is 16.0 Å². The minimum absolute atomic E-state index is 0.0668. The van der Waals surface area contributed by atoms with E-state index in [2.05, 4.69) is 9.22 Å². The van der Waals surface area contributed by atoms with Crippen LogP contribution >= 0.6 is 12.0 Å². The maximum absolute atomic E-state index is 14.4. The number of esters is 1. The highest BCUT2D eigenvalue weighted by Gasteiger charge is 2.29. The van der Waals surface area contributed by atoms with Gasteiger partial charge in [0.15, 0.2) is 0 Å². The van der Waals surface area contributed by atoms with Gasteiger partial charge in [0.1, 0.15) is 18.2 Å². The Morgan fingerprint density at radius 1 is 1.17 bits per heavy atom. The van der Waals surface area contributed by atoms with Crippen LogP contribution in [-0.2, 0) is 18.8 Å². The Morgan fingerprint density at radius 3 is 2.71 bits per heavy atom. The number of cyclic esters (lactones) is 1. The number of benzene rings is 2. The second-order valence-electron chi connectivity index (χ2n) is 4.90. The monoisotopic (exact) mass is 350 g/mol. The number of hydrogen-bond donors (Lipinski definition) is 0. The van der Waals surface area contributed by atoms with E-state index in [-0.39, 0.29) is 17.7 Å². The minimum Gasteiger partial charge on any atom is -0.457 e. The summed E-state index contributed by atoms with van der Waals surface area (Å²) in [7, 11) is 1.34. The molecular weight excluding hydrogens is 338 g/mol. The zero-order valence-corrected chi connectivity index (χ0v) is 13.4. The molecule has 2 aromatic carbocycles. The molecular formula is C17H12F2O4S. The van der Waals surface area contributed by atoms with Gasteiger partial charge >= 0.3 is 5.97 Å². The van der Waals surface area contributed by atoms with Gasteiger partial charge in [0.2, 0.25) is 0 Å². The number of halogens is 2. The second-order valence-corrected chi connectivity index (χ2v) is 5.67. The molecule has 0 atom stereocenters. The molecule has 0 bridgehead atoms. The molecule has 2 aromatic rings. The Bertz CT molecular complexity index is 820. The van der Waals surface area contributed by atoms with Crippen LogP contribution in [0.15, 0.2) is 47.4 Å². The van der Waals surface area contributed by atoms with Crippen molar-refractivity contribution in [1.29, 1.82) is 0 Å². The first kappa shape index (κ1) is 16.6. The van der Waals surface area contributed by atoms with E-state index in [4.69, 9.17) is 4.74 Å². The van der Waals surface area contributed by atoms with Crippen LogP contribution in [-0.4, -0.2) is 19.7 Å². The zero-order valence-electron chi connectivity index (χ0n) is 12.5. The number of hydrogen-bond acceptors (Lipinski definition) is 5. The van der Waals surface area contributed by atoms with Crippen molar-refractivity contribution in [2.45, 2.75) is 4.90 Å². The van der Waals surface area contributed by atoms with Crippen LogP contribution in [0.25, 0.3) is 11.1 Å². The third kappa shape index (κ3) is 3.33. The Kier molecular flexibility index (Phi) is 4.94. The summed E-state index contributed by atoms with van der Waals surface area (Å²) in [6.45, 7) is -0.0668. The molecule has 1 aliphatic heterocycles. The molecule has 4 nitrogen and oxygen atoms in total. The quantitative estimate of drug-likeness (QED) is 0.353. The van der Waals surface area contributed by atoms with Gasteiger partial charge in [0.25, 0.3) is 0 Å². The van der Waals surface area contributed by atoms with Gasteiger partial charge in [-0.05, 0) is 29.8 Å². The van der Waals surface area contributed by atoms with Gasteiger partial charge in [0, 0.05) is 16.0 Å². The summed E-state index contributed by atoms with van der Waals surface area (Å²) < 4.78 is 37.6. The van der Waals surface area contributed by atoms with E-state index in [1.54, 1.807) is 12.1 Å². The second kappa shape index (κ2) is 7.12. The molecule has 0 fully saturated rings. The molecule has 0 radical (unpaired) electrons. The summed E-state index contributed by atoms with van der Waals surface area (Å²) in [5.41, 5.74) is 1.13. The highest BCUT2D eigenvalue weighted by atomic mass is 32.2. The van der Waals surface area contributed by atoms with Crippen LogP contribution in [0, 0.1) is 11.6 Å². The first-order valence-corrected chi connectivity index (χ1v) is 7.68. The summed E-state index contributed by atoms with van der Waals surface area (Å²) in [5, 5.41) is 0. The zero-order chi connectivity index (χ0) is 17.1. The van der Waals surface area contributed by atoms with Gasteiger partial charge in [-0.15, -0.1) is 0 Å². The lowest BCUT2D eigenvalue weighted by atomic mass is 9.96. The molecule has 0 N–H and O–H groups in total. The number of ether oxygens (including phenoxy) is 1. The van der Waals surface area contributed by atoms with Gasteiger partial charge in [-0.1, -0.05) is 18.2 Å². The fraction of sp³-hybridized carbons (Fsp3) is 0.118. The molecule has 24 heavy (non-hydrogen) atoms. The van der Waals surface area contributed by atoms with Gasteiger partial charge in [-0.3, -0.25) is 0 Å². The smallest absolute Gasteiger partial charge is 0.339 e. The lowest BCUT2D eigenvalue weighted by Crippen LogP contribution is -1.99. The van der Waals surface area contributed by atoms with Crippen molar-refractivity contribution < 1.29 is 27.5 Å². The summed E-state index contributed by atoms with van der Waals surface area (Å²) >= 11 is 0.859. The van der Waals surface area contributed by atoms with Crippen molar-refractivity contribution in [3.05, 3.63) is 65.2 Å². The summed E-state index contributed by atoms with van der Waals surface area (Å²) in [6, 6.07) is 9.97. The van der Waals surface area contributed by atoms with Gasteiger partial charge < -0.3 is 4.74 Å². The molecule has 1 heterocycles. The first-order chi connectivity index (χ1) is 11.6. The Hall–Kier alpha value is -2.22. The molecule has 124 valence electrons. The number of carbonyl (C=O) groups is 1.